The molecule has 1 aliphatic carbocycles. The molecule has 0 amide bonds. The zero-order valence-electron chi connectivity index (χ0n) is 11.1. The van der Waals surface area contributed by atoms with Crippen LogP contribution in [0.1, 0.15) is 18.5 Å². The summed E-state index contributed by atoms with van der Waals surface area (Å²) >= 11 is 0. The molecule has 0 unspecified atom stereocenters. The van der Waals surface area contributed by atoms with E-state index in [9.17, 15) is 0 Å². The number of rotatable bonds is 5. The third kappa shape index (κ3) is 3.30. The maximum absolute atomic E-state index is 5.73. The molecule has 2 aromatic rings. The summed E-state index contributed by atoms with van der Waals surface area (Å²) in [5.41, 5.74) is 0.596. The average molecular weight is 265 g/mol. The second kappa shape index (κ2) is 5.66. The van der Waals surface area contributed by atoms with E-state index in [1.807, 2.05) is 24.3 Å². The van der Waals surface area contributed by atoms with Gasteiger partial charge >= 0.3 is 0 Å². The lowest BCUT2D eigenvalue weighted by atomic mass is 10.3. The zero-order chi connectivity index (χ0) is 13.8. The van der Waals surface area contributed by atoms with E-state index in [0.717, 1.165) is 24.0 Å². The van der Waals surface area contributed by atoms with Crippen LogP contribution in [-0.4, -0.2) is 11.6 Å². The van der Waals surface area contributed by atoms with Crippen molar-refractivity contribution in [2.75, 3.05) is 6.61 Å². The fraction of sp³-hybridized carbons (Fsp3) is 0.235. The van der Waals surface area contributed by atoms with E-state index >= 15 is 0 Å². The van der Waals surface area contributed by atoms with Gasteiger partial charge in [0.1, 0.15) is 22.9 Å². The highest BCUT2D eigenvalue weighted by Crippen LogP contribution is 2.30. The molecule has 0 bridgehead atoms. The van der Waals surface area contributed by atoms with E-state index in [1.165, 1.54) is 12.8 Å². The van der Waals surface area contributed by atoms with Gasteiger partial charge in [0.05, 0.1) is 12.8 Å². The number of benzene rings is 1. The minimum atomic E-state index is 0.596. The van der Waals surface area contributed by atoms with Crippen molar-refractivity contribution >= 4 is 0 Å². The average Bonchev–Trinajstić information content (AvgIpc) is 3.31. The van der Waals surface area contributed by atoms with Gasteiger partial charge in [0.25, 0.3) is 0 Å². The van der Waals surface area contributed by atoms with Crippen molar-refractivity contribution in [3.63, 3.8) is 0 Å². The van der Waals surface area contributed by atoms with Gasteiger partial charge in [0, 0.05) is 6.07 Å². The second-order valence-electron chi connectivity index (χ2n) is 4.85. The Morgan fingerprint density at radius 2 is 2.00 bits per heavy atom. The van der Waals surface area contributed by atoms with Crippen molar-refractivity contribution in [2.24, 2.45) is 5.92 Å². The maximum atomic E-state index is 5.73. The third-order valence-electron chi connectivity index (χ3n) is 3.11. The molecule has 1 aliphatic rings. The largest absolute Gasteiger partial charge is 0.493 e. The number of hydrogen-bond acceptors (Lipinski definition) is 3. The van der Waals surface area contributed by atoms with E-state index < -0.39 is 0 Å². The Morgan fingerprint density at radius 3 is 2.70 bits per heavy atom. The van der Waals surface area contributed by atoms with Crippen LogP contribution in [0.25, 0.3) is 0 Å². The van der Waals surface area contributed by atoms with E-state index in [0.29, 0.717) is 11.4 Å². The molecule has 3 nitrogen and oxygen atoms in total. The van der Waals surface area contributed by atoms with Crippen LogP contribution in [0.2, 0.25) is 0 Å². The lowest BCUT2D eigenvalue weighted by Gasteiger charge is -2.08. The van der Waals surface area contributed by atoms with Crippen LogP contribution in [0.3, 0.4) is 0 Å². The van der Waals surface area contributed by atoms with Crippen molar-refractivity contribution in [1.82, 2.24) is 4.98 Å². The summed E-state index contributed by atoms with van der Waals surface area (Å²) in [6, 6.07) is 11.2. The Balaban J connectivity index is 1.66. The minimum Gasteiger partial charge on any atom is -0.493 e. The Hall–Kier alpha value is -2.47. The van der Waals surface area contributed by atoms with Gasteiger partial charge in [0.15, 0.2) is 0 Å². The highest BCUT2D eigenvalue weighted by Gasteiger charge is 2.21. The van der Waals surface area contributed by atoms with Gasteiger partial charge in [-0.15, -0.1) is 6.42 Å². The summed E-state index contributed by atoms with van der Waals surface area (Å²) in [7, 11) is 0. The van der Waals surface area contributed by atoms with E-state index in [2.05, 4.69) is 10.9 Å². The molecule has 1 aromatic carbocycles. The van der Waals surface area contributed by atoms with Gasteiger partial charge in [-0.3, -0.25) is 0 Å². The number of hydrogen-bond donors (Lipinski definition) is 0. The molecule has 20 heavy (non-hydrogen) atoms. The minimum absolute atomic E-state index is 0.596. The maximum Gasteiger partial charge on any atom is 0.145 e. The summed E-state index contributed by atoms with van der Waals surface area (Å²) in [4.78, 5) is 4.09. The standard InChI is InChI=1S/C17H15NO2/c1-2-14-8-9-17(11-18-14)20-16-5-3-4-15(10-16)19-12-13-6-7-13/h1,3-5,8-11,13H,6-7,12H2. The summed E-state index contributed by atoms with van der Waals surface area (Å²) in [6.45, 7) is 0.794. The Morgan fingerprint density at radius 1 is 1.15 bits per heavy atom. The van der Waals surface area contributed by atoms with Crippen molar-refractivity contribution in [1.29, 1.82) is 0 Å². The van der Waals surface area contributed by atoms with Crippen LogP contribution in [0, 0.1) is 18.3 Å². The van der Waals surface area contributed by atoms with Crippen LogP contribution in [0.5, 0.6) is 17.2 Å². The Bertz CT molecular complexity index is 624. The second-order valence-corrected chi connectivity index (χ2v) is 4.85. The number of terminal acetylenes is 1. The molecule has 1 heterocycles. The van der Waals surface area contributed by atoms with Crippen molar-refractivity contribution < 1.29 is 9.47 Å². The van der Waals surface area contributed by atoms with Crippen LogP contribution in [-0.2, 0) is 0 Å². The van der Waals surface area contributed by atoms with Crippen LogP contribution < -0.4 is 9.47 Å². The smallest absolute Gasteiger partial charge is 0.145 e. The lowest BCUT2D eigenvalue weighted by Crippen LogP contribution is -1.98. The quantitative estimate of drug-likeness (QED) is 0.773. The first-order chi connectivity index (χ1) is 9.83. The molecule has 1 saturated carbocycles. The molecule has 0 spiro atoms. The van der Waals surface area contributed by atoms with Gasteiger partial charge < -0.3 is 9.47 Å². The normalized spacial score (nSPS) is 13.6. The van der Waals surface area contributed by atoms with Gasteiger partial charge in [-0.1, -0.05) is 12.0 Å². The molecule has 3 rings (SSSR count). The molecule has 0 atom stereocenters. The first-order valence-corrected chi connectivity index (χ1v) is 6.67. The predicted molar refractivity (Wildman–Crippen MR) is 76.9 cm³/mol. The highest BCUT2D eigenvalue weighted by atomic mass is 16.5. The predicted octanol–water partition coefficient (Wildman–Crippen LogP) is 3.64. The number of ether oxygens (including phenoxy) is 2. The van der Waals surface area contributed by atoms with Crippen molar-refractivity contribution in [3.8, 4) is 29.6 Å². The number of pyridine rings is 1. The molecular weight excluding hydrogens is 250 g/mol. The first-order valence-electron chi connectivity index (χ1n) is 6.67. The van der Waals surface area contributed by atoms with Crippen molar-refractivity contribution in [2.45, 2.75) is 12.8 Å². The van der Waals surface area contributed by atoms with Gasteiger partial charge in [-0.25, -0.2) is 4.98 Å². The van der Waals surface area contributed by atoms with Gasteiger partial charge in [0.2, 0.25) is 0 Å². The summed E-state index contributed by atoms with van der Waals surface area (Å²) < 4.78 is 11.5. The molecule has 1 fully saturated rings. The van der Waals surface area contributed by atoms with Gasteiger partial charge in [-0.05, 0) is 43.0 Å². The van der Waals surface area contributed by atoms with Crippen LogP contribution in [0.15, 0.2) is 42.6 Å². The van der Waals surface area contributed by atoms with Gasteiger partial charge in [-0.2, -0.15) is 0 Å². The fourth-order valence-electron chi connectivity index (χ4n) is 1.79. The summed E-state index contributed by atoms with van der Waals surface area (Å²) in [6.07, 6.45) is 9.45. The molecule has 0 radical (unpaired) electrons. The molecule has 1 aromatic heterocycles. The lowest BCUT2D eigenvalue weighted by molar-refractivity contribution is 0.298. The van der Waals surface area contributed by atoms with Crippen molar-refractivity contribution in [3.05, 3.63) is 48.3 Å². The molecule has 0 aliphatic heterocycles. The Labute approximate surface area is 118 Å². The molecule has 0 saturated heterocycles. The topological polar surface area (TPSA) is 31.4 Å². The Kier molecular flexibility index (Phi) is 3.56. The number of aromatic nitrogens is 1. The monoisotopic (exact) mass is 265 g/mol. The SMILES string of the molecule is C#Cc1ccc(Oc2cccc(OCC3CC3)c2)cn1. The van der Waals surface area contributed by atoms with E-state index in [-0.39, 0.29) is 0 Å². The van der Waals surface area contributed by atoms with E-state index in [4.69, 9.17) is 15.9 Å². The van der Waals surface area contributed by atoms with Crippen LogP contribution in [0.4, 0.5) is 0 Å². The zero-order valence-corrected chi connectivity index (χ0v) is 11.1. The third-order valence-corrected chi connectivity index (χ3v) is 3.11. The fourth-order valence-corrected chi connectivity index (χ4v) is 1.79. The molecule has 100 valence electrons. The molecule has 3 heteroatoms. The highest BCUT2D eigenvalue weighted by molar-refractivity contribution is 5.37. The summed E-state index contributed by atoms with van der Waals surface area (Å²) in [5, 5.41) is 0. The number of nitrogens with zero attached hydrogens (tertiary/aromatic N) is 1. The first kappa shape index (κ1) is 12.6. The molecular formula is C17H15NO2. The summed E-state index contributed by atoms with van der Waals surface area (Å²) in [5.74, 6) is 5.43. The molecule has 0 N–H and O–H groups in total. The van der Waals surface area contributed by atoms with E-state index in [1.54, 1.807) is 18.3 Å². The van der Waals surface area contributed by atoms with Crippen LogP contribution >= 0.6 is 0 Å².